The highest BCUT2D eigenvalue weighted by atomic mass is 79.9. The number of carbonyl (C=O) groups is 1. The molecule has 0 saturated heterocycles. The molecule has 1 amide bonds. The van der Waals surface area contributed by atoms with Crippen LogP contribution in [0.5, 0.6) is 11.5 Å². The number of amides is 1. The number of hydrogen-bond donors (Lipinski definition) is 1. The number of methoxy groups -OCH3 is 1. The van der Waals surface area contributed by atoms with Crippen LogP contribution in [0.2, 0.25) is 0 Å². The Kier molecular flexibility index (Phi) is 7.87. The molecule has 7 nitrogen and oxygen atoms in total. The van der Waals surface area contributed by atoms with Crippen molar-refractivity contribution in [1.29, 1.82) is 0 Å². The first-order chi connectivity index (χ1) is 17.2. The van der Waals surface area contributed by atoms with Crippen LogP contribution in [0.25, 0.3) is 6.08 Å². The first-order valence-electron chi connectivity index (χ1n) is 11.3. The molecule has 2 aromatic carbocycles. The highest BCUT2D eigenvalue weighted by molar-refractivity contribution is 9.11. The van der Waals surface area contributed by atoms with Gasteiger partial charge in [-0.1, -0.05) is 45.5 Å². The Bertz CT molecular complexity index is 1550. The Morgan fingerprint density at radius 1 is 1.25 bits per heavy atom. The molecule has 1 aromatic heterocycles. The van der Waals surface area contributed by atoms with Crippen molar-refractivity contribution in [2.45, 2.75) is 26.8 Å². The lowest BCUT2D eigenvalue weighted by Gasteiger charge is -2.29. The molecule has 1 atom stereocenters. The molecule has 0 fully saturated rings. The predicted molar refractivity (Wildman–Crippen MR) is 148 cm³/mol. The predicted octanol–water partition coefficient (Wildman–Crippen LogP) is 4.34. The van der Waals surface area contributed by atoms with E-state index in [9.17, 15) is 14.7 Å². The number of likely N-dealkylation sites (N-methyl/N-ethyl adjacent to an activating group) is 1. The minimum Gasteiger partial charge on any atom is -0.506 e. The molecule has 0 radical (unpaired) electrons. The van der Waals surface area contributed by atoms with Crippen LogP contribution in [0.1, 0.15) is 37.9 Å². The highest BCUT2D eigenvalue weighted by Crippen LogP contribution is 2.36. The van der Waals surface area contributed by atoms with Crippen LogP contribution in [-0.4, -0.2) is 40.7 Å². The second kappa shape index (κ2) is 10.7. The van der Waals surface area contributed by atoms with Crippen molar-refractivity contribution in [1.82, 2.24) is 9.47 Å². The van der Waals surface area contributed by atoms with E-state index in [1.54, 1.807) is 41.7 Å². The van der Waals surface area contributed by atoms with E-state index in [0.29, 0.717) is 55.0 Å². The SMILES string of the molecule is CCN(CC)C(=O)C1=C(C)N=c2s/c(=C/c3cc(Br)cc(Br)c3O)c(=O)n2[C@@H]1c1ccccc1OC. The lowest BCUT2D eigenvalue weighted by molar-refractivity contribution is -0.127. The van der Waals surface area contributed by atoms with E-state index in [1.807, 2.05) is 38.1 Å². The number of ether oxygens (including phenoxy) is 1. The Morgan fingerprint density at radius 3 is 2.61 bits per heavy atom. The summed E-state index contributed by atoms with van der Waals surface area (Å²) in [5.41, 5.74) is 1.87. The maximum atomic E-state index is 13.9. The Morgan fingerprint density at radius 2 is 1.94 bits per heavy atom. The van der Waals surface area contributed by atoms with Crippen LogP contribution in [0.15, 0.2) is 66.4 Å². The van der Waals surface area contributed by atoms with Crippen molar-refractivity contribution >= 4 is 55.2 Å². The maximum absolute atomic E-state index is 13.9. The molecule has 3 aromatic rings. The highest BCUT2D eigenvalue weighted by Gasteiger charge is 2.35. The zero-order valence-electron chi connectivity index (χ0n) is 20.2. The van der Waals surface area contributed by atoms with Crippen molar-refractivity contribution in [2.24, 2.45) is 4.99 Å². The van der Waals surface area contributed by atoms with Gasteiger partial charge in [-0.05, 0) is 61.0 Å². The Balaban J connectivity index is 2.02. The van der Waals surface area contributed by atoms with E-state index in [-0.39, 0.29) is 17.2 Å². The van der Waals surface area contributed by atoms with Gasteiger partial charge in [-0.3, -0.25) is 14.2 Å². The minimum absolute atomic E-state index is 0.0268. The standard InChI is InChI=1S/C26H25Br2N3O4S/c1-5-30(6-2)25(34)21-14(3)29-26-31(22(21)17-9-7-8-10-19(17)35-4)24(33)20(36-26)12-15-11-16(27)13-18(28)23(15)32/h7-13,22,32H,5-6H2,1-4H3/b20-12+/t22-/m1/s1. The third-order valence-electron chi connectivity index (χ3n) is 6.08. The lowest BCUT2D eigenvalue weighted by atomic mass is 9.94. The number of fused-ring (bicyclic) bond motifs is 1. The van der Waals surface area contributed by atoms with Crippen LogP contribution < -0.4 is 19.6 Å². The van der Waals surface area contributed by atoms with Crippen molar-refractivity contribution in [2.75, 3.05) is 20.2 Å². The second-order valence-electron chi connectivity index (χ2n) is 8.13. The number of rotatable bonds is 6. The molecule has 0 saturated carbocycles. The van der Waals surface area contributed by atoms with Gasteiger partial charge in [-0.15, -0.1) is 0 Å². The summed E-state index contributed by atoms with van der Waals surface area (Å²) >= 11 is 7.98. The van der Waals surface area contributed by atoms with Crippen LogP contribution in [-0.2, 0) is 4.79 Å². The fourth-order valence-corrected chi connectivity index (χ4v) is 6.60. The molecule has 1 N–H and O–H groups in total. The van der Waals surface area contributed by atoms with E-state index in [4.69, 9.17) is 4.74 Å². The number of allylic oxidation sites excluding steroid dienone is 1. The van der Waals surface area contributed by atoms with Gasteiger partial charge in [0.15, 0.2) is 4.80 Å². The molecular formula is C26H25Br2N3O4S. The number of nitrogens with zero attached hydrogens (tertiary/aromatic N) is 3. The fraction of sp³-hybridized carbons (Fsp3) is 0.269. The smallest absolute Gasteiger partial charge is 0.271 e. The summed E-state index contributed by atoms with van der Waals surface area (Å²) < 4.78 is 8.83. The molecule has 2 heterocycles. The van der Waals surface area contributed by atoms with Gasteiger partial charge in [-0.25, -0.2) is 4.99 Å². The number of carbonyl (C=O) groups excluding carboxylic acids is 1. The van der Waals surface area contributed by atoms with Crippen molar-refractivity contribution < 1.29 is 14.6 Å². The van der Waals surface area contributed by atoms with Gasteiger partial charge >= 0.3 is 0 Å². The average molecular weight is 635 g/mol. The first kappa shape index (κ1) is 26.4. The summed E-state index contributed by atoms with van der Waals surface area (Å²) in [6.45, 7) is 6.71. The summed E-state index contributed by atoms with van der Waals surface area (Å²) in [6, 6.07) is 10.1. The molecule has 10 heteroatoms. The number of thiazole rings is 1. The van der Waals surface area contributed by atoms with Gasteiger partial charge in [0, 0.05) is 28.7 Å². The second-order valence-corrected chi connectivity index (χ2v) is 10.9. The summed E-state index contributed by atoms with van der Waals surface area (Å²) in [5.74, 6) is 0.434. The molecule has 0 spiro atoms. The van der Waals surface area contributed by atoms with Gasteiger partial charge in [0.25, 0.3) is 11.5 Å². The summed E-state index contributed by atoms with van der Waals surface area (Å²) in [6.07, 6.45) is 1.64. The molecule has 1 aliphatic rings. The Labute approximate surface area is 229 Å². The number of halogens is 2. The van der Waals surface area contributed by atoms with Crippen molar-refractivity contribution in [3.63, 3.8) is 0 Å². The quantitative estimate of drug-likeness (QED) is 0.437. The number of aromatic hydroxyl groups is 1. The number of aromatic nitrogens is 1. The lowest BCUT2D eigenvalue weighted by Crippen LogP contribution is -2.43. The topological polar surface area (TPSA) is 84.1 Å². The maximum Gasteiger partial charge on any atom is 0.271 e. The van der Waals surface area contributed by atoms with Crippen molar-refractivity contribution in [3.05, 3.63) is 87.4 Å². The van der Waals surface area contributed by atoms with Crippen LogP contribution in [0, 0.1) is 0 Å². The van der Waals surface area contributed by atoms with Crippen molar-refractivity contribution in [3.8, 4) is 11.5 Å². The number of benzene rings is 2. The van der Waals surface area contributed by atoms with Crippen LogP contribution in [0.4, 0.5) is 0 Å². The first-order valence-corrected chi connectivity index (χ1v) is 13.7. The molecule has 4 rings (SSSR count). The monoisotopic (exact) mass is 633 g/mol. The van der Waals surface area contributed by atoms with Gasteiger partial charge in [0.2, 0.25) is 0 Å². The van der Waals surface area contributed by atoms with Gasteiger partial charge in [-0.2, -0.15) is 0 Å². The number of phenolic OH excluding ortho intramolecular Hbond substituents is 1. The molecule has 0 bridgehead atoms. The summed E-state index contributed by atoms with van der Waals surface area (Å²) in [7, 11) is 1.57. The summed E-state index contributed by atoms with van der Waals surface area (Å²) in [5, 5.41) is 10.5. The van der Waals surface area contributed by atoms with Gasteiger partial charge in [0.1, 0.15) is 17.5 Å². The molecular weight excluding hydrogens is 610 g/mol. The van der Waals surface area contributed by atoms with Gasteiger partial charge in [0.05, 0.1) is 27.4 Å². The van der Waals surface area contributed by atoms with Crippen LogP contribution >= 0.6 is 43.2 Å². The minimum atomic E-state index is -0.713. The largest absolute Gasteiger partial charge is 0.506 e. The zero-order chi connectivity index (χ0) is 26.1. The van der Waals surface area contributed by atoms with E-state index < -0.39 is 6.04 Å². The van der Waals surface area contributed by atoms with E-state index in [1.165, 1.54) is 11.3 Å². The molecule has 188 valence electrons. The van der Waals surface area contributed by atoms with Gasteiger partial charge < -0.3 is 14.7 Å². The van der Waals surface area contributed by atoms with E-state index >= 15 is 0 Å². The molecule has 1 aliphatic heterocycles. The molecule has 36 heavy (non-hydrogen) atoms. The number of para-hydroxylation sites is 1. The van der Waals surface area contributed by atoms with Crippen LogP contribution in [0.3, 0.4) is 0 Å². The van der Waals surface area contributed by atoms with E-state index in [0.717, 1.165) is 4.47 Å². The third-order valence-corrected chi connectivity index (χ3v) is 8.13. The number of phenols is 1. The number of hydrogen-bond acceptors (Lipinski definition) is 6. The third kappa shape index (κ3) is 4.69. The fourth-order valence-electron chi connectivity index (χ4n) is 4.30. The Hall–Kier alpha value is -2.69. The normalized spacial score (nSPS) is 15.5. The van der Waals surface area contributed by atoms with E-state index in [2.05, 4.69) is 36.9 Å². The zero-order valence-corrected chi connectivity index (χ0v) is 24.2. The molecule has 0 unspecified atom stereocenters. The average Bonchev–Trinajstić information content (AvgIpc) is 3.16. The summed E-state index contributed by atoms with van der Waals surface area (Å²) in [4.78, 5) is 34.4. The molecule has 0 aliphatic carbocycles.